The lowest BCUT2D eigenvalue weighted by atomic mass is 10.1. The summed E-state index contributed by atoms with van der Waals surface area (Å²) >= 11 is 0. The van der Waals surface area contributed by atoms with Crippen LogP contribution >= 0.6 is 0 Å². The van der Waals surface area contributed by atoms with Gasteiger partial charge in [0, 0.05) is 31.1 Å². The second-order valence-electron chi connectivity index (χ2n) is 5.55. The molecular weight excluding hydrogens is 298 g/mol. The third-order valence-corrected chi connectivity index (χ3v) is 4.04. The third-order valence-electron chi connectivity index (χ3n) is 4.04. The molecule has 122 valence electrons. The topological polar surface area (TPSA) is 91.7 Å². The highest BCUT2D eigenvalue weighted by Crippen LogP contribution is 2.37. The average Bonchev–Trinajstić information content (AvgIpc) is 3.26. The van der Waals surface area contributed by atoms with Crippen LogP contribution < -0.4 is 0 Å². The quantitative estimate of drug-likeness (QED) is 0.847. The van der Waals surface area contributed by atoms with Crippen molar-refractivity contribution in [2.45, 2.75) is 32.5 Å². The Morgan fingerprint density at radius 1 is 1.35 bits per heavy atom. The van der Waals surface area contributed by atoms with E-state index in [1.807, 2.05) is 10.8 Å². The number of furan rings is 1. The minimum atomic E-state index is -0.425. The van der Waals surface area contributed by atoms with Crippen molar-refractivity contribution >= 4 is 5.91 Å². The SMILES string of the molecule is CC1=C(O)C(=O)N(CCCn2ccnc2)C1c1ccc(CO)o1. The molecule has 0 aliphatic carbocycles. The number of hydrogen-bond acceptors (Lipinski definition) is 5. The molecule has 0 saturated heterocycles. The van der Waals surface area contributed by atoms with Gasteiger partial charge in [-0.1, -0.05) is 0 Å². The van der Waals surface area contributed by atoms with Crippen LogP contribution in [0.5, 0.6) is 0 Å². The third kappa shape index (κ3) is 2.87. The Balaban J connectivity index is 1.75. The molecule has 3 rings (SSSR count). The van der Waals surface area contributed by atoms with Gasteiger partial charge in [0.1, 0.15) is 24.2 Å². The summed E-state index contributed by atoms with van der Waals surface area (Å²) < 4.78 is 7.50. The molecule has 1 unspecified atom stereocenters. The van der Waals surface area contributed by atoms with Crippen LogP contribution in [0, 0.1) is 0 Å². The van der Waals surface area contributed by atoms with Crippen molar-refractivity contribution in [2.75, 3.05) is 6.54 Å². The van der Waals surface area contributed by atoms with Crippen LogP contribution in [-0.2, 0) is 17.9 Å². The Morgan fingerprint density at radius 2 is 2.17 bits per heavy atom. The number of aromatic nitrogens is 2. The molecule has 3 heterocycles. The Bertz CT molecular complexity index is 718. The fourth-order valence-corrected chi connectivity index (χ4v) is 2.85. The number of imidazole rings is 1. The molecule has 0 aromatic carbocycles. The number of amides is 1. The van der Waals surface area contributed by atoms with Gasteiger partial charge in [-0.3, -0.25) is 4.79 Å². The van der Waals surface area contributed by atoms with Gasteiger partial charge >= 0.3 is 0 Å². The Kier molecular flexibility index (Phi) is 4.20. The number of hydrogen-bond donors (Lipinski definition) is 2. The van der Waals surface area contributed by atoms with Gasteiger partial charge in [-0.2, -0.15) is 0 Å². The fourth-order valence-electron chi connectivity index (χ4n) is 2.85. The van der Waals surface area contributed by atoms with Gasteiger partial charge in [-0.15, -0.1) is 0 Å². The molecule has 1 aliphatic rings. The van der Waals surface area contributed by atoms with Crippen LogP contribution in [0.2, 0.25) is 0 Å². The summed E-state index contributed by atoms with van der Waals surface area (Å²) in [7, 11) is 0. The normalized spacial score (nSPS) is 18.3. The lowest BCUT2D eigenvalue weighted by molar-refractivity contribution is -0.129. The molecule has 7 nitrogen and oxygen atoms in total. The van der Waals surface area contributed by atoms with Crippen LogP contribution in [0.25, 0.3) is 0 Å². The highest BCUT2D eigenvalue weighted by Gasteiger charge is 2.39. The Hall–Kier alpha value is -2.54. The number of rotatable bonds is 6. The van der Waals surface area contributed by atoms with Gasteiger partial charge in [-0.05, 0) is 25.5 Å². The first kappa shape index (κ1) is 15.4. The first-order valence-corrected chi connectivity index (χ1v) is 7.47. The van der Waals surface area contributed by atoms with E-state index >= 15 is 0 Å². The summed E-state index contributed by atoms with van der Waals surface area (Å²) in [5.74, 6) is 0.372. The zero-order chi connectivity index (χ0) is 16.4. The van der Waals surface area contributed by atoms with Crippen molar-refractivity contribution in [1.29, 1.82) is 0 Å². The summed E-state index contributed by atoms with van der Waals surface area (Å²) in [6, 6.07) is 2.98. The second-order valence-corrected chi connectivity index (χ2v) is 5.55. The zero-order valence-corrected chi connectivity index (χ0v) is 12.8. The first-order valence-electron chi connectivity index (χ1n) is 7.47. The Morgan fingerprint density at radius 3 is 2.83 bits per heavy atom. The minimum absolute atomic E-state index is 0.198. The van der Waals surface area contributed by atoms with Crippen LogP contribution in [0.1, 0.15) is 30.9 Å². The number of aliphatic hydroxyl groups is 2. The molecule has 0 fully saturated rings. The molecule has 2 aromatic heterocycles. The lowest BCUT2D eigenvalue weighted by Crippen LogP contribution is -2.31. The summed E-state index contributed by atoms with van der Waals surface area (Å²) in [5, 5.41) is 19.1. The molecule has 2 aromatic rings. The number of nitrogens with zero attached hydrogens (tertiary/aromatic N) is 3. The molecule has 1 aliphatic heterocycles. The van der Waals surface area contributed by atoms with Crippen molar-refractivity contribution in [3.8, 4) is 0 Å². The Labute approximate surface area is 133 Å². The number of carbonyl (C=O) groups excluding carboxylic acids is 1. The summed E-state index contributed by atoms with van der Waals surface area (Å²) in [4.78, 5) is 17.9. The highest BCUT2D eigenvalue weighted by atomic mass is 16.4. The number of carbonyl (C=O) groups is 1. The largest absolute Gasteiger partial charge is 0.503 e. The molecule has 2 N–H and O–H groups in total. The summed E-state index contributed by atoms with van der Waals surface area (Å²) in [6.07, 6.45) is 6.03. The van der Waals surface area contributed by atoms with E-state index in [1.165, 1.54) is 0 Å². The van der Waals surface area contributed by atoms with E-state index in [9.17, 15) is 9.90 Å². The summed E-state index contributed by atoms with van der Waals surface area (Å²) in [6.45, 7) is 2.74. The van der Waals surface area contributed by atoms with Crippen molar-refractivity contribution in [3.63, 3.8) is 0 Å². The molecule has 0 spiro atoms. The molecular formula is C16H19N3O4. The van der Waals surface area contributed by atoms with Crippen LogP contribution in [-0.4, -0.2) is 37.1 Å². The zero-order valence-electron chi connectivity index (χ0n) is 12.8. The minimum Gasteiger partial charge on any atom is -0.503 e. The smallest absolute Gasteiger partial charge is 0.289 e. The fraction of sp³-hybridized carbons (Fsp3) is 0.375. The van der Waals surface area contributed by atoms with E-state index in [-0.39, 0.29) is 18.3 Å². The average molecular weight is 317 g/mol. The van der Waals surface area contributed by atoms with Crippen molar-refractivity contribution in [3.05, 3.63) is 53.7 Å². The van der Waals surface area contributed by atoms with Crippen LogP contribution in [0.15, 0.2) is 46.6 Å². The maximum absolute atomic E-state index is 12.3. The van der Waals surface area contributed by atoms with E-state index in [4.69, 9.17) is 9.52 Å². The van der Waals surface area contributed by atoms with E-state index in [0.29, 0.717) is 23.6 Å². The van der Waals surface area contributed by atoms with E-state index < -0.39 is 6.04 Å². The van der Waals surface area contributed by atoms with Gasteiger partial charge < -0.3 is 24.1 Å². The van der Waals surface area contributed by atoms with Gasteiger partial charge in [0.25, 0.3) is 5.91 Å². The maximum Gasteiger partial charge on any atom is 0.289 e. The second kappa shape index (κ2) is 6.29. The standard InChI is InChI=1S/C16H19N3O4/c1-11-14(13-4-3-12(9-20)23-13)19(16(22)15(11)21)7-2-6-18-8-5-17-10-18/h3-5,8,10,14,20-21H,2,6-7,9H2,1H3. The monoisotopic (exact) mass is 317 g/mol. The molecule has 1 amide bonds. The van der Waals surface area contributed by atoms with Gasteiger partial charge in [0.2, 0.25) is 0 Å². The van der Waals surface area contributed by atoms with Gasteiger partial charge in [0.15, 0.2) is 5.76 Å². The van der Waals surface area contributed by atoms with Gasteiger partial charge in [-0.25, -0.2) is 4.98 Å². The van der Waals surface area contributed by atoms with Gasteiger partial charge in [0.05, 0.1) is 6.33 Å². The first-order chi connectivity index (χ1) is 11.1. The molecule has 0 bridgehead atoms. The molecule has 0 saturated carbocycles. The maximum atomic E-state index is 12.3. The predicted octanol–water partition coefficient (Wildman–Crippen LogP) is 1.77. The molecule has 23 heavy (non-hydrogen) atoms. The summed E-state index contributed by atoms with van der Waals surface area (Å²) in [5.41, 5.74) is 0.566. The van der Waals surface area contributed by atoms with Crippen molar-refractivity contribution in [1.82, 2.24) is 14.5 Å². The highest BCUT2D eigenvalue weighted by molar-refractivity contribution is 5.95. The number of aliphatic hydroxyl groups excluding tert-OH is 2. The molecule has 0 radical (unpaired) electrons. The molecule has 7 heteroatoms. The van der Waals surface area contributed by atoms with E-state index in [2.05, 4.69) is 4.98 Å². The predicted molar refractivity (Wildman–Crippen MR) is 81.3 cm³/mol. The van der Waals surface area contributed by atoms with E-state index in [0.717, 1.165) is 13.0 Å². The van der Waals surface area contributed by atoms with Crippen molar-refractivity contribution in [2.24, 2.45) is 0 Å². The molecule has 1 atom stereocenters. The van der Waals surface area contributed by atoms with Crippen LogP contribution in [0.3, 0.4) is 0 Å². The number of aryl methyl sites for hydroxylation is 1. The van der Waals surface area contributed by atoms with Crippen LogP contribution in [0.4, 0.5) is 0 Å². The van der Waals surface area contributed by atoms with E-state index in [1.54, 1.807) is 36.5 Å². The van der Waals surface area contributed by atoms with Crippen molar-refractivity contribution < 1.29 is 19.4 Å². The lowest BCUT2D eigenvalue weighted by Gasteiger charge is -2.24.